The van der Waals surface area contributed by atoms with Crippen molar-refractivity contribution < 1.29 is 10.2 Å². The predicted molar refractivity (Wildman–Crippen MR) is 56.0 cm³/mol. The topological polar surface area (TPSA) is 40.5 Å². The largest absolute Gasteiger partial charge is 0.386 e. The maximum absolute atomic E-state index is 10.1. The summed E-state index contributed by atoms with van der Waals surface area (Å²) in [5.74, 6) is 0. The Kier molecular flexibility index (Phi) is 2.67. The van der Waals surface area contributed by atoms with Gasteiger partial charge in [0.25, 0.3) is 0 Å². The average Bonchev–Trinajstić information content (AvgIpc) is 2.74. The molecule has 0 aliphatic heterocycles. The molecule has 2 rings (SSSR count). The fourth-order valence-corrected chi connectivity index (χ4v) is 2.62. The second kappa shape index (κ2) is 3.67. The first-order chi connectivity index (χ1) is 6.62. The monoisotopic (exact) mass is 196 g/mol. The van der Waals surface area contributed by atoms with Crippen molar-refractivity contribution in [1.29, 1.82) is 0 Å². The highest BCUT2D eigenvalue weighted by Crippen LogP contribution is 2.34. The van der Waals surface area contributed by atoms with Gasteiger partial charge in [0.15, 0.2) is 0 Å². The molecule has 2 nitrogen and oxygen atoms in total. The Balaban J connectivity index is 1.98. The van der Waals surface area contributed by atoms with Gasteiger partial charge in [0.2, 0.25) is 0 Å². The minimum atomic E-state index is -0.613. The molecule has 2 saturated carbocycles. The van der Waals surface area contributed by atoms with Crippen molar-refractivity contribution in [3.05, 3.63) is 12.2 Å². The van der Waals surface area contributed by atoms with Gasteiger partial charge in [0.1, 0.15) is 0 Å². The highest BCUT2D eigenvalue weighted by atomic mass is 16.3. The molecule has 2 aliphatic rings. The summed E-state index contributed by atoms with van der Waals surface area (Å²) >= 11 is 0. The minimum Gasteiger partial charge on any atom is -0.386 e. The van der Waals surface area contributed by atoms with E-state index in [0.29, 0.717) is 0 Å². The van der Waals surface area contributed by atoms with Gasteiger partial charge in [-0.2, -0.15) is 0 Å². The number of rotatable bonds is 2. The minimum absolute atomic E-state index is 0.613. The molecule has 0 heterocycles. The van der Waals surface area contributed by atoms with Gasteiger partial charge in [-0.1, -0.05) is 37.8 Å². The number of hydrogen-bond donors (Lipinski definition) is 2. The van der Waals surface area contributed by atoms with Gasteiger partial charge >= 0.3 is 0 Å². The summed E-state index contributed by atoms with van der Waals surface area (Å²) in [4.78, 5) is 0. The van der Waals surface area contributed by atoms with Gasteiger partial charge in [-0.15, -0.1) is 0 Å². The first kappa shape index (κ1) is 10.2. The van der Waals surface area contributed by atoms with E-state index in [9.17, 15) is 10.2 Å². The van der Waals surface area contributed by atoms with Crippen molar-refractivity contribution in [2.24, 2.45) is 0 Å². The Morgan fingerprint density at radius 3 is 1.21 bits per heavy atom. The molecule has 0 saturated heterocycles. The zero-order chi connectivity index (χ0) is 10.1. The second-order valence-corrected chi connectivity index (χ2v) is 4.95. The predicted octanol–water partition coefficient (Wildman–Crippen LogP) is 2.15. The number of aliphatic hydroxyl groups is 2. The van der Waals surface area contributed by atoms with Crippen LogP contribution >= 0.6 is 0 Å². The Morgan fingerprint density at radius 1 is 0.643 bits per heavy atom. The second-order valence-electron chi connectivity index (χ2n) is 4.95. The Hall–Kier alpha value is -0.340. The van der Waals surface area contributed by atoms with Gasteiger partial charge in [-0.05, 0) is 25.7 Å². The van der Waals surface area contributed by atoms with Crippen LogP contribution in [0.3, 0.4) is 0 Å². The van der Waals surface area contributed by atoms with Gasteiger partial charge < -0.3 is 10.2 Å². The molecule has 2 fully saturated rings. The molecule has 0 aromatic carbocycles. The molecule has 0 amide bonds. The summed E-state index contributed by atoms with van der Waals surface area (Å²) in [6.45, 7) is 0. The maximum Gasteiger partial charge on any atom is 0.0828 e. The molecule has 0 aromatic heterocycles. The summed E-state index contributed by atoms with van der Waals surface area (Å²) in [6.07, 6.45) is 11.6. The third-order valence-corrected chi connectivity index (χ3v) is 3.64. The van der Waals surface area contributed by atoms with Crippen molar-refractivity contribution in [3.8, 4) is 0 Å². The molecule has 2 aliphatic carbocycles. The van der Waals surface area contributed by atoms with E-state index in [1.165, 1.54) is 0 Å². The van der Waals surface area contributed by atoms with Gasteiger partial charge in [-0.25, -0.2) is 0 Å². The highest BCUT2D eigenvalue weighted by Gasteiger charge is 2.32. The maximum atomic E-state index is 10.1. The van der Waals surface area contributed by atoms with Gasteiger partial charge in [-0.3, -0.25) is 0 Å². The van der Waals surface area contributed by atoms with Crippen LogP contribution in [0.5, 0.6) is 0 Å². The van der Waals surface area contributed by atoms with Gasteiger partial charge in [0.05, 0.1) is 11.2 Å². The van der Waals surface area contributed by atoms with E-state index in [1.54, 1.807) is 0 Å². The van der Waals surface area contributed by atoms with Crippen LogP contribution in [0.15, 0.2) is 12.2 Å². The first-order valence-electron chi connectivity index (χ1n) is 5.77. The van der Waals surface area contributed by atoms with Crippen molar-refractivity contribution >= 4 is 0 Å². The van der Waals surface area contributed by atoms with E-state index >= 15 is 0 Å². The molecule has 0 bridgehead atoms. The lowest BCUT2D eigenvalue weighted by Crippen LogP contribution is -2.25. The van der Waals surface area contributed by atoms with Crippen molar-refractivity contribution in [3.63, 3.8) is 0 Å². The molecule has 0 atom stereocenters. The van der Waals surface area contributed by atoms with E-state index < -0.39 is 11.2 Å². The van der Waals surface area contributed by atoms with E-state index in [2.05, 4.69) is 0 Å². The summed E-state index contributed by atoms with van der Waals surface area (Å²) in [7, 11) is 0. The normalized spacial score (nSPS) is 30.1. The first-order valence-corrected chi connectivity index (χ1v) is 5.77. The van der Waals surface area contributed by atoms with Crippen LogP contribution in [0, 0.1) is 0 Å². The van der Waals surface area contributed by atoms with E-state index in [4.69, 9.17) is 0 Å². The lowest BCUT2D eigenvalue weighted by Gasteiger charge is -2.21. The smallest absolute Gasteiger partial charge is 0.0828 e. The fraction of sp³-hybridized carbons (Fsp3) is 0.833. The molecular formula is C12H20O2. The lowest BCUT2D eigenvalue weighted by molar-refractivity contribution is 0.0810. The van der Waals surface area contributed by atoms with Crippen LogP contribution in [0.1, 0.15) is 51.4 Å². The number of hydrogen-bond acceptors (Lipinski definition) is 2. The summed E-state index contributed by atoms with van der Waals surface area (Å²) < 4.78 is 0. The molecular weight excluding hydrogens is 176 g/mol. The SMILES string of the molecule is OC1(/C=C/C2(O)CCCC2)CCCC1. The zero-order valence-electron chi connectivity index (χ0n) is 8.71. The van der Waals surface area contributed by atoms with Gasteiger partial charge in [0, 0.05) is 0 Å². The summed E-state index contributed by atoms with van der Waals surface area (Å²) in [5, 5.41) is 20.1. The highest BCUT2D eigenvalue weighted by molar-refractivity contribution is 5.11. The quantitative estimate of drug-likeness (QED) is 0.664. The Bertz CT molecular complexity index is 196. The Labute approximate surface area is 85.6 Å². The fourth-order valence-electron chi connectivity index (χ4n) is 2.62. The lowest BCUT2D eigenvalue weighted by atomic mass is 9.95. The van der Waals surface area contributed by atoms with Crippen molar-refractivity contribution in [1.82, 2.24) is 0 Å². The molecule has 2 heteroatoms. The van der Waals surface area contributed by atoms with Crippen LogP contribution in [0.25, 0.3) is 0 Å². The molecule has 0 unspecified atom stereocenters. The van der Waals surface area contributed by atoms with Crippen molar-refractivity contribution in [2.45, 2.75) is 62.6 Å². The third-order valence-electron chi connectivity index (χ3n) is 3.64. The molecule has 80 valence electrons. The standard InChI is InChI=1S/C12H20O2/c13-11(5-1-2-6-11)9-10-12(14)7-3-4-8-12/h9-10,13-14H,1-8H2/b10-9+. The van der Waals surface area contributed by atoms with E-state index in [0.717, 1.165) is 51.4 Å². The average molecular weight is 196 g/mol. The molecule has 14 heavy (non-hydrogen) atoms. The summed E-state index contributed by atoms with van der Waals surface area (Å²) in [5.41, 5.74) is -1.23. The van der Waals surface area contributed by atoms with Crippen molar-refractivity contribution in [2.75, 3.05) is 0 Å². The Morgan fingerprint density at radius 2 is 0.929 bits per heavy atom. The molecule has 2 N–H and O–H groups in total. The summed E-state index contributed by atoms with van der Waals surface area (Å²) in [6, 6.07) is 0. The van der Waals surface area contributed by atoms with Crippen LogP contribution in [0.4, 0.5) is 0 Å². The van der Waals surface area contributed by atoms with E-state index in [-0.39, 0.29) is 0 Å². The van der Waals surface area contributed by atoms with Crippen LogP contribution in [0.2, 0.25) is 0 Å². The molecule has 0 aromatic rings. The van der Waals surface area contributed by atoms with Crippen LogP contribution in [-0.4, -0.2) is 21.4 Å². The van der Waals surface area contributed by atoms with E-state index in [1.807, 2.05) is 12.2 Å². The molecule has 0 spiro atoms. The van der Waals surface area contributed by atoms with Crippen LogP contribution in [-0.2, 0) is 0 Å². The zero-order valence-corrected chi connectivity index (χ0v) is 8.71. The van der Waals surface area contributed by atoms with Crippen LogP contribution < -0.4 is 0 Å². The molecule has 0 radical (unpaired) electrons. The third kappa shape index (κ3) is 2.18.